The molecule has 0 aliphatic heterocycles. The van der Waals surface area contributed by atoms with E-state index in [9.17, 15) is 13.6 Å². The molecule has 2 N–H and O–H groups in total. The SMILES string of the molecule is CCO[C@H](CC(N)=O)C(Cc1ccc(Cl)cc1)c1ccc(F)cc1F. The van der Waals surface area contributed by atoms with E-state index in [1.165, 1.54) is 12.1 Å². The van der Waals surface area contributed by atoms with Gasteiger partial charge in [-0.2, -0.15) is 0 Å². The summed E-state index contributed by atoms with van der Waals surface area (Å²) in [5, 5.41) is 0.590. The van der Waals surface area contributed by atoms with E-state index in [0.29, 0.717) is 18.1 Å². The molecule has 0 saturated heterocycles. The van der Waals surface area contributed by atoms with E-state index in [4.69, 9.17) is 22.1 Å². The summed E-state index contributed by atoms with van der Waals surface area (Å²) < 4.78 is 33.3. The summed E-state index contributed by atoms with van der Waals surface area (Å²) in [5.41, 5.74) is 6.51. The van der Waals surface area contributed by atoms with Crippen molar-refractivity contribution in [1.82, 2.24) is 0 Å². The Balaban J connectivity index is 2.41. The third-order valence-electron chi connectivity index (χ3n) is 3.96. The van der Waals surface area contributed by atoms with Gasteiger partial charge in [0.25, 0.3) is 0 Å². The highest BCUT2D eigenvalue weighted by Gasteiger charge is 2.28. The maximum absolute atomic E-state index is 14.4. The average Bonchev–Trinajstić information content (AvgIpc) is 2.54. The van der Waals surface area contributed by atoms with Crippen LogP contribution in [0.3, 0.4) is 0 Å². The molecule has 1 unspecified atom stereocenters. The molecule has 25 heavy (non-hydrogen) atoms. The Hall–Kier alpha value is -1.98. The van der Waals surface area contributed by atoms with Gasteiger partial charge in [0.15, 0.2) is 0 Å². The molecule has 2 atom stereocenters. The van der Waals surface area contributed by atoms with Crippen molar-refractivity contribution in [2.45, 2.75) is 31.8 Å². The summed E-state index contributed by atoms with van der Waals surface area (Å²) >= 11 is 5.90. The lowest BCUT2D eigenvalue weighted by Gasteiger charge is -2.27. The highest BCUT2D eigenvalue weighted by Crippen LogP contribution is 2.31. The molecular weight excluding hydrogens is 348 g/mol. The fraction of sp³-hybridized carbons (Fsp3) is 0.316. The quantitative estimate of drug-likeness (QED) is 0.759. The number of hydrogen-bond donors (Lipinski definition) is 1. The summed E-state index contributed by atoms with van der Waals surface area (Å²) in [4.78, 5) is 11.4. The first-order valence-electron chi connectivity index (χ1n) is 8.00. The lowest BCUT2D eigenvalue weighted by atomic mass is 9.85. The molecule has 2 aromatic carbocycles. The Morgan fingerprint density at radius 3 is 2.44 bits per heavy atom. The Bertz CT molecular complexity index is 722. The number of carbonyl (C=O) groups excluding carboxylic acids is 1. The van der Waals surface area contributed by atoms with Crippen LogP contribution < -0.4 is 5.73 Å². The maximum atomic E-state index is 14.4. The lowest BCUT2D eigenvalue weighted by molar-refractivity contribution is -0.121. The van der Waals surface area contributed by atoms with Gasteiger partial charge in [-0.3, -0.25) is 4.79 Å². The fourth-order valence-electron chi connectivity index (χ4n) is 2.85. The van der Waals surface area contributed by atoms with Crippen LogP contribution in [0.5, 0.6) is 0 Å². The molecule has 0 heterocycles. The third-order valence-corrected chi connectivity index (χ3v) is 4.21. The Labute approximate surface area is 150 Å². The van der Waals surface area contributed by atoms with Crippen LogP contribution >= 0.6 is 11.6 Å². The van der Waals surface area contributed by atoms with Crippen molar-refractivity contribution in [3.63, 3.8) is 0 Å². The minimum Gasteiger partial charge on any atom is -0.377 e. The minimum absolute atomic E-state index is 0.0527. The van der Waals surface area contributed by atoms with Crippen LogP contribution in [0.1, 0.15) is 30.4 Å². The number of ether oxygens (including phenoxy) is 1. The van der Waals surface area contributed by atoms with Gasteiger partial charge in [-0.05, 0) is 42.7 Å². The van der Waals surface area contributed by atoms with Gasteiger partial charge in [0.05, 0.1) is 12.5 Å². The van der Waals surface area contributed by atoms with Crippen molar-refractivity contribution >= 4 is 17.5 Å². The number of hydrogen-bond acceptors (Lipinski definition) is 2. The van der Waals surface area contributed by atoms with E-state index >= 15 is 0 Å². The third kappa shape index (κ3) is 5.51. The summed E-state index contributed by atoms with van der Waals surface area (Å²) in [6.07, 6.45) is -0.265. The van der Waals surface area contributed by atoms with Crippen LogP contribution in [0.15, 0.2) is 42.5 Å². The van der Waals surface area contributed by atoms with Gasteiger partial charge >= 0.3 is 0 Å². The summed E-state index contributed by atoms with van der Waals surface area (Å²) in [7, 11) is 0. The number of halogens is 3. The number of benzene rings is 2. The summed E-state index contributed by atoms with van der Waals surface area (Å²) in [6.45, 7) is 2.13. The van der Waals surface area contributed by atoms with Crippen molar-refractivity contribution < 1.29 is 18.3 Å². The van der Waals surface area contributed by atoms with Gasteiger partial charge in [-0.25, -0.2) is 8.78 Å². The summed E-state index contributed by atoms with van der Waals surface area (Å²) in [6, 6.07) is 10.5. The Morgan fingerprint density at radius 2 is 1.88 bits per heavy atom. The van der Waals surface area contributed by atoms with Gasteiger partial charge in [0, 0.05) is 23.6 Å². The van der Waals surface area contributed by atoms with Crippen molar-refractivity contribution in [1.29, 1.82) is 0 Å². The Morgan fingerprint density at radius 1 is 1.20 bits per heavy atom. The lowest BCUT2D eigenvalue weighted by Crippen LogP contribution is -2.30. The number of nitrogens with two attached hydrogens (primary N) is 1. The zero-order valence-electron chi connectivity index (χ0n) is 13.8. The largest absolute Gasteiger partial charge is 0.377 e. The number of amides is 1. The van der Waals surface area contributed by atoms with E-state index < -0.39 is 29.6 Å². The zero-order valence-corrected chi connectivity index (χ0v) is 14.6. The van der Waals surface area contributed by atoms with Crippen LogP contribution in [-0.2, 0) is 16.0 Å². The first kappa shape index (κ1) is 19.3. The van der Waals surface area contributed by atoms with Crippen LogP contribution in [0, 0.1) is 11.6 Å². The van der Waals surface area contributed by atoms with Gasteiger partial charge in [0.2, 0.25) is 5.91 Å². The minimum atomic E-state index is -0.673. The molecule has 0 fully saturated rings. The fourth-order valence-corrected chi connectivity index (χ4v) is 2.97. The summed E-state index contributed by atoms with van der Waals surface area (Å²) in [5.74, 6) is -2.36. The molecule has 134 valence electrons. The van der Waals surface area contributed by atoms with Crippen molar-refractivity contribution in [2.75, 3.05) is 6.61 Å². The van der Waals surface area contributed by atoms with Crippen LogP contribution in [0.2, 0.25) is 5.02 Å². The van der Waals surface area contributed by atoms with Gasteiger partial charge in [-0.1, -0.05) is 29.8 Å². The highest BCUT2D eigenvalue weighted by atomic mass is 35.5. The second-order valence-electron chi connectivity index (χ2n) is 5.77. The molecule has 6 heteroatoms. The molecule has 2 rings (SSSR count). The number of carbonyl (C=O) groups is 1. The standard InChI is InChI=1S/C19H20ClF2NO2/c1-2-25-18(11-19(23)24)16(9-12-3-5-13(20)6-4-12)15-8-7-14(21)10-17(15)22/h3-8,10,16,18H,2,9,11H2,1H3,(H2,23,24)/t16?,18-/m1/s1. The van der Waals surface area contributed by atoms with Gasteiger partial charge in [-0.15, -0.1) is 0 Å². The molecule has 0 saturated carbocycles. The van der Waals surface area contributed by atoms with Crippen LogP contribution in [-0.4, -0.2) is 18.6 Å². The van der Waals surface area contributed by atoms with Crippen molar-refractivity contribution in [2.24, 2.45) is 5.73 Å². The second-order valence-corrected chi connectivity index (χ2v) is 6.20. The average molecular weight is 368 g/mol. The normalized spacial score (nSPS) is 13.4. The molecule has 0 aliphatic rings. The molecule has 0 spiro atoms. The second kappa shape index (κ2) is 8.92. The molecule has 1 amide bonds. The van der Waals surface area contributed by atoms with Gasteiger partial charge in [0.1, 0.15) is 11.6 Å². The predicted octanol–water partition coefficient (Wildman–Crippen LogP) is 4.23. The smallest absolute Gasteiger partial charge is 0.220 e. The monoisotopic (exact) mass is 367 g/mol. The topological polar surface area (TPSA) is 52.3 Å². The number of primary amides is 1. The predicted molar refractivity (Wildman–Crippen MR) is 93.5 cm³/mol. The molecule has 2 aromatic rings. The van der Waals surface area contributed by atoms with Crippen LogP contribution in [0.4, 0.5) is 8.78 Å². The molecule has 0 aliphatic carbocycles. The molecular formula is C19H20ClF2NO2. The molecule has 0 radical (unpaired) electrons. The number of rotatable bonds is 8. The van der Waals surface area contributed by atoms with Crippen molar-refractivity contribution in [3.8, 4) is 0 Å². The van der Waals surface area contributed by atoms with E-state index in [1.807, 2.05) is 12.1 Å². The van der Waals surface area contributed by atoms with E-state index in [1.54, 1.807) is 19.1 Å². The highest BCUT2D eigenvalue weighted by molar-refractivity contribution is 6.30. The molecule has 0 aromatic heterocycles. The van der Waals surface area contributed by atoms with E-state index in [0.717, 1.165) is 11.6 Å². The zero-order chi connectivity index (χ0) is 18.4. The maximum Gasteiger partial charge on any atom is 0.220 e. The Kier molecular flexibility index (Phi) is 6.91. The van der Waals surface area contributed by atoms with E-state index in [-0.39, 0.29) is 12.0 Å². The molecule has 3 nitrogen and oxygen atoms in total. The van der Waals surface area contributed by atoms with Gasteiger partial charge < -0.3 is 10.5 Å². The first-order chi connectivity index (χ1) is 11.9. The first-order valence-corrected chi connectivity index (χ1v) is 8.37. The van der Waals surface area contributed by atoms with E-state index in [2.05, 4.69) is 0 Å². The van der Waals surface area contributed by atoms with Crippen molar-refractivity contribution in [3.05, 3.63) is 70.2 Å². The molecule has 0 bridgehead atoms. The van der Waals surface area contributed by atoms with Crippen LogP contribution in [0.25, 0.3) is 0 Å².